The monoisotopic (exact) mass is 337 g/mol. The van der Waals surface area contributed by atoms with Crippen LogP contribution in [-0.4, -0.2) is 30.9 Å². The number of para-hydroxylation sites is 2. The third-order valence-electron chi connectivity index (χ3n) is 3.94. The number of rotatable bonds is 5. The minimum Gasteiger partial charge on any atom is -0.493 e. The molecule has 0 unspecified atom stereocenters. The number of nitrogens with zero attached hydrogens (tertiary/aromatic N) is 2. The first-order valence-electron chi connectivity index (χ1n) is 7.74. The Balaban J connectivity index is 1.82. The zero-order valence-electron chi connectivity index (χ0n) is 14.3. The van der Waals surface area contributed by atoms with E-state index in [2.05, 4.69) is 10.5 Å². The van der Waals surface area contributed by atoms with Gasteiger partial charge in [0, 0.05) is 29.7 Å². The van der Waals surface area contributed by atoms with E-state index in [1.165, 1.54) is 6.21 Å². The van der Waals surface area contributed by atoms with Crippen molar-refractivity contribution < 1.29 is 14.3 Å². The van der Waals surface area contributed by atoms with E-state index in [4.69, 9.17) is 9.47 Å². The van der Waals surface area contributed by atoms with Gasteiger partial charge in [0.25, 0.3) is 5.91 Å². The summed E-state index contributed by atoms with van der Waals surface area (Å²) in [6.07, 6.45) is 3.33. The fraction of sp³-hybridized carbons (Fsp3) is 0.158. The highest BCUT2D eigenvalue weighted by atomic mass is 16.5. The molecule has 0 saturated heterocycles. The number of carbonyl (C=O) groups is 1. The molecule has 1 amide bonds. The molecule has 6 heteroatoms. The lowest BCUT2D eigenvalue weighted by Gasteiger charge is -2.09. The molecular formula is C19H19N3O3. The Bertz CT molecular complexity index is 944. The first-order valence-corrected chi connectivity index (χ1v) is 7.74. The van der Waals surface area contributed by atoms with Gasteiger partial charge < -0.3 is 14.0 Å². The van der Waals surface area contributed by atoms with Crippen molar-refractivity contribution in [2.45, 2.75) is 0 Å². The second kappa shape index (κ2) is 7.09. The second-order valence-corrected chi connectivity index (χ2v) is 5.45. The van der Waals surface area contributed by atoms with Crippen molar-refractivity contribution in [1.82, 2.24) is 9.99 Å². The second-order valence-electron chi connectivity index (χ2n) is 5.45. The van der Waals surface area contributed by atoms with Crippen molar-refractivity contribution in [3.63, 3.8) is 0 Å². The van der Waals surface area contributed by atoms with Crippen LogP contribution in [0.3, 0.4) is 0 Å². The van der Waals surface area contributed by atoms with Gasteiger partial charge in [0.1, 0.15) is 0 Å². The van der Waals surface area contributed by atoms with Gasteiger partial charge in [-0.3, -0.25) is 4.79 Å². The van der Waals surface area contributed by atoms with Crippen LogP contribution < -0.4 is 14.9 Å². The average molecular weight is 337 g/mol. The molecule has 1 N–H and O–H groups in total. The molecule has 0 spiro atoms. The van der Waals surface area contributed by atoms with Crippen LogP contribution in [0.4, 0.5) is 0 Å². The van der Waals surface area contributed by atoms with Crippen molar-refractivity contribution in [2.75, 3.05) is 14.2 Å². The fourth-order valence-corrected chi connectivity index (χ4v) is 2.76. The molecule has 3 aromatic rings. The molecule has 0 saturated carbocycles. The van der Waals surface area contributed by atoms with Crippen LogP contribution >= 0.6 is 0 Å². The van der Waals surface area contributed by atoms with Crippen molar-refractivity contribution >= 4 is 23.0 Å². The summed E-state index contributed by atoms with van der Waals surface area (Å²) in [4.78, 5) is 12.4. The maximum atomic E-state index is 12.4. The van der Waals surface area contributed by atoms with Crippen LogP contribution in [0.15, 0.2) is 53.8 Å². The maximum absolute atomic E-state index is 12.4. The van der Waals surface area contributed by atoms with Gasteiger partial charge in [0.2, 0.25) is 0 Å². The number of carbonyl (C=O) groups excluding carboxylic acids is 1. The summed E-state index contributed by atoms with van der Waals surface area (Å²) in [5.74, 6) is 0.898. The number of nitrogens with one attached hydrogen (secondary N) is 1. The SMILES string of the molecule is COc1cccc(/C=N\NC(=O)c2cn(C)c3ccccc23)c1OC. The van der Waals surface area contributed by atoms with E-state index in [0.717, 1.165) is 10.9 Å². The predicted molar refractivity (Wildman–Crippen MR) is 97.5 cm³/mol. The molecule has 0 atom stereocenters. The lowest BCUT2D eigenvalue weighted by Crippen LogP contribution is -2.17. The van der Waals surface area contributed by atoms with E-state index in [1.54, 1.807) is 26.5 Å². The zero-order chi connectivity index (χ0) is 17.8. The number of hydrazone groups is 1. The van der Waals surface area contributed by atoms with Gasteiger partial charge in [-0.15, -0.1) is 0 Å². The molecule has 0 radical (unpaired) electrons. The lowest BCUT2D eigenvalue weighted by atomic mass is 10.2. The Morgan fingerprint density at radius 2 is 1.92 bits per heavy atom. The fourth-order valence-electron chi connectivity index (χ4n) is 2.76. The number of hydrogen-bond acceptors (Lipinski definition) is 4. The predicted octanol–water partition coefficient (Wildman–Crippen LogP) is 2.96. The summed E-state index contributed by atoms with van der Waals surface area (Å²) in [7, 11) is 5.04. The maximum Gasteiger partial charge on any atom is 0.273 e. The van der Waals surface area contributed by atoms with Gasteiger partial charge in [0.05, 0.1) is 26.0 Å². The number of methoxy groups -OCH3 is 2. The molecule has 1 heterocycles. The van der Waals surface area contributed by atoms with Gasteiger partial charge in [-0.05, 0) is 18.2 Å². The third kappa shape index (κ3) is 3.19. The minimum absolute atomic E-state index is 0.269. The number of benzene rings is 2. The molecule has 1 aromatic heterocycles. The topological polar surface area (TPSA) is 64.8 Å². The number of ether oxygens (including phenoxy) is 2. The summed E-state index contributed by atoms with van der Waals surface area (Å²) < 4.78 is 12.5. The average Bonchev–Trinajstić information content (AvgIpc) is 2.98. The molecule has 0 aliphatic rings. The largest absolute Gasteiger partial charge is 0.493 e. The first kappa shape index (κ1) is 16.6. The summed E-state index contributed by atoms with van der Waals surface area (Å²) in [5, 5.41) is 4.93. The van der Waals surface area contributed by atoms with Crippen LogP contribution in [0.25, 0.3) is 10.9 Å². The van der Waals surface area contributed by atoms with Crippen LogP contribution in [0.5, 0.6) is 11.5 Å². The lowest BCUT2D eigenvalue weighted by molar-refractivity contribution is 0.0956. The molecule has 3 rings (SSSR count). The van der Waals surface area contributed by atoms with Crippen LogP contribution in [-0.2, 0) is 7.05 Å². The standard InChI is InChI=1S/C19H19N3O3/c1-22-12-15(14-8-4-5-9-16(14)22)19(23)21-20-11-13-7-6-10-17(24-2)18(13)25-3/h4-12H,1-3H3,(H,21,23)/b20-11-. The Morgan fingerprint density at radius 3 is 2.68 bits per heavy atom. The van der Waals surface area contributed by atoms with Gasteiger partial charge >= 0.3 is 0 Å². The van der Waals surface area contributed by atoms with Crippen LogP contribution in [0, 0.1) is 0 Å². The highest BCUT2D eigenvalue weighted by Crippen LogP contribution is 2.29. The van der Waals surface area contributed by atoms with E-state index < -0.39 is 0 Å². The van der Waals surface area contributed by atoms with Crippen LogP contribution in [0.2, 0.25) is 0 Å². The van der Waals surface area contributed by atoms with Crippen LogP contribution in [0.1, 0.15) is 15.9 Å². The Hall–Kier alpha value is -3.28. The normalized spacial score (nSPS) is 11.0. The number of hydrogen-bond donors (Lipinski definition) is 1. The van der Waals surface area contributed by atoms with E-state index >= 15 is 0 Å². The molecule has 128 valence electrons. The highest BCUT2D eigenvalue weighted by Gasteiger charge is 2.13. The van der Waals surface area contributed by atoms with E-state index in [-0.39, 0.29) is 5.91 Å². The van der Waals surface area contributed by atoms with Gasteiger partial charge in [-0.2, -0.15) is 5.10 Å². The summed E-state index contributed by atoms with van der Waals surface area (Å²) in [5.41, 5.74) is 4.84. The van der Waals surface area contributed by atoms with E-state index in [9.17, 15) is 4.79 Å². The third-order valence-corrected chi connectivity index (χ3v) is 3.94. The first-order chi connectivity index (χ1) is 12.2. The van der Waals surface area contributed by atoms with Gasteiger partial charge in [-0.25, -0.2) is 5.43 Å². The molecular weight excluding hydrogens is 318 g/mol. The summed E-state index contributed by atoms with van der Waals surface area (Å²) in [6, 6.07) is 13.2. The Labute approximate surface area is 145 Å². The number of aromatic nitrogens is 1. The number of amides is 1. The molecule has 25 heavy (non-hydrogen) atoms. The summed E-state index contributed by atoms with van der Waals surface area (Å²) in [6.45, 7) is 0. The minimum atomic E-state index is -0.269. The molecule has 6 nitrogen and oxygen atoms in total. The van der Waals surface area contributed by atoms with Crippen molar-refractivity contribution in [3.8, 4) is 11.5 Å². The van der Waals surface area contributed by atoms with Crippen molar-refractivity contribution in [1.29, 1.82) is 0 Å². The molecule has 0 fully saturated rings. The zero-order valence-corrected chi connectivity index (χ0v) is 14.3. The Kier molecular flexibility index (Phi) is 4.70. The van der Waals surface area contributed by atoms with Gasteiger partial charge in [-0.1, -0.05) is 24.3 Å². The van der Waals surface area contributed by atoms with Gasteiger partial charge in [0.15, 0.2) is 11.5 Å². The van der Waals surface area contributed by atoms with E-state index in [0.29, 0.717) is 22.6 Å². The quantitative estimate of drug-likeness (QED) is 0.575. The van der Waals surface area contributed by atoms with Crippen molar-refractivity contribution in [3.05, 3.63) is 59.8 Å². The smallest absolute Gasteiger partial charge is 0.273 e. The molecule has 0 aliphatic heterocycles. The highest BCUT2D eigenvalue weighted by molar-refractivity contribution is 6.07. The van der Waals surface area contributed by atoms with Crippen molar-refractivity contribution in [2.24, 2.45) is 12.1 Å². The van der Waals surface area contributed by atoms with E-state index in [1.807, 2.05) is 48.0 Å². The molecule has 0 bridgehead atoms. The summed E-state index contributed by atoms with van der Waals surface area (Å²) >= 11 is 0. The number of aryl methyl sites for hydroxylation is 1. The Morgan fingerprint density at radius 1 is 1.12 bits per heavy atom. The molecule has 2 aromatic carbocycles. The number of fused-ring (bicyclic) bond motifs is 1. The molecule has 0 aliphatic carbocycles.